The normalized spacial score (nSPS) is 10.7. The van der Waals surface area contributed by atoms with Crippen LogP contribution in [0.3, 0.4) is 0 Å². The minimum Gasteiger partial charge on any atom is -1.00 e. The van der Waals surface area contributed by atoms with Gasteiger partial charge >= 0.3 is 19.5 Å². The molecule has 0 saturated heterocycles. The van der Waals surface area contributed by atoms with Crippen LogP contribution in [-0.4, -0.2) is 0 Å². The maximum absolute atomic E-state index is 2.42. The van der Waals surface area contributed by atoms with Crippen LogP contribution in [0.15, 0.2) is 218 Å². The van der Waals surface area contributed by atoms with Crippen LogP contribution >= 0.6 is 15.8 Å². The summed E-state index contributed by atoms with van der Waals surface area (Å²) < 4.78 is 0. The smallest absolute Gasteiger partial charge is 1.00 e. The van der Waals surface area contributed by atoms with Gasteiger partial charge in [0.2, 0.25) is 0 Å². The number of benzene rings is 9. The molecule has 0 aliphatic heterocycles. The molecule has 0 N–H and O–H groups in total. The van der Waals surface area contributed by atoms with Crippen molar-refractivity contribution in [3.63, 3.8) is 0 Å². The zero-order valence-electron chi connectivity index (χ0n) is 33.4. The molecule has 0 fully saturated rings. The first-order chi connectivity index (χ1) is 27.6. The van der Waals surface area contributed by atoms with E-state index in [1.54, 1.807) is 0 Å². The van der Waals surface area contributed by atoms with Gasteiger partial charge in [0.05, 0.1) is 0 Å². The molecule has 0 heterocycles. The molecule has 0 spiro atoms. The fourth-order valence-electron chi connectivity index (χ4n) is 7.53. The van der Waals surface area contributed by atoms with Gasteiger partial charge in [-0.2, -0.15) is 0 Å². The SMILES string of the molecule is Cc1ccc(C(C)C)cc1.[Cl-].[Cl-].[Ru+2].c1ccc(P(c2ccccc2)c2ccc3ccccc3c2-c2c(P(c3ccccc3)c3ccccc3)ccc3ccccc23)cc1. The minimum absolute atomic E-state index is 0. The van der Waals surface area contributed by atoms with Crippen molar-refractivity contribution in [2.24, 2.45) is 0 Å². The van der Waals surface area contributed by atoms with Gasteiger partial charge in [0.25, 0.3) is 0 Å². The molecule has 0 saturated carbocycles. The molecule has 9 aromatic carbocycles. The Bertz CT molecular complexity index is 2430. The van der Waals surface area contributed by atoms with Crippen LogP contribution in [0, 0.1) is 6.92 Å². The number of hydrogen-bond donors (Lipinski definition) is 0. The van der Waals surface area contributed by atoms with Gasteiger partial charge in [-0.05, 0) is 98.7 Å². The van der Waals surface area contributed by atoms with E-state index >= 15 is 0 Å². The van der Waals surface area contributed by atoms with Crippen LogP contribution in [0.4, 0.5) is 0 Å². The summed E-state index contributed by atoms with van der Waals surface area (Å²) in [7, 11) is -1.70. The van der Waals surface area contributed by atoms with Gasteiger partial charge < -0.3 is 24.8 Å². The third-order valence-electron chi connectivity index (χ3n) is 10.3. The Morgan fingerprint density at radius 2 is 0.644 bits per heavy atom. The zero-order valence-corrected chi connectivity index (χ0v) is 38.4. The second kappa shape index (κ2) is 21.7. The molecule has 0 unspecified atom stereocenters. The van der Waals surface area contributed by atoms with E-state index in [9.17, 15) is 0 Å². The van der Waals surface area contributed by atoms with E-state index in [2.05, 4.69) is 239 Å². The zero-order chi connectivity index (χ0) is 38.3. The fourth-order valence-corrected chi connectivity index (χ4v) is 12.5. The van der Waals surface area contributed by atoms with Crippen molar-refractivity contribution in [1.29, 1.82) is 0 Å². The predicted molar refractivity (Wildman–Crippen MR) is 250 cm³/mol. The Balaban J connectivity index is 0.000000450. The summed E-state index contributed by atoms with van der Waals surface area (Å²) in [5, 5.41) is 13.3. The largest absolute Gasteiger partial charge is 2.00 e. The molecule has 59 heavy (non-hydrogen) atoms. The van der Waals surface area contributed by atoms with Crippen molar-refractivity contribution in [3.8, 4) is 11.1 Å². The third kappa shape index (κ3) is 10.3. The monoisotopic (exact) mass is 928 g/mol. The van der Waals surface area contributed by atoms with E-state index in [1.807, 2.05) is 0 Å². The van der Waals surface area contributed by atoms with Crippen LogP contribution in [0.5, 0.6) is 0 Å². The molecule has 0 aliphatic carbocycles. The van der Waals surface area contributed by atoms with Crippen molar-refractivity contribution in [2.75, 3.05) is 0 Å². The maximum atomic E-state index is 2.42. The molecule has 5 heteroatoms. The van der Waals surface area contributed by atoms with Gasteiger partial charge in [0, 0.05) is 0 Å². The first-order valence-electron chi connectivity index (χ1n) is 19.5. The molecule has 9 rings (SSSR count). The van der Waals surface area contributed by atoms with E-state index in [4.69, 9.17) is 0 Å². The van der Waals surface area contributed by atoms with E-state index in [0.717, 1.165) is 0 Å². The second-order valence-corrected chi connectivity index (χ2v) is 18.8. The summed E-state index contributed by atoms with van der Waals surface area (Å²) in [4.78, 5) is 0. The Hall–Kier alpha value is -4.44. The maximum Gasteiger partial charge on any atom is 2.00 e. The van der Waals surface area contributed by atoms with Crippen LogP contribution in [-0.2, 0) is 19.5 Å². The molecule has 294 valence electrons. The number of hydrogen-bond acceptors (Lipinski definition) is 0. The summed E-state index contributed by atoms with van der Waals surface area (Å²) in [6, 6.07) is 80.5. The minimum atomic E-state index is -0.852. The van der Waals surface area contributed by atoms with Crippen molar-refractivity contribution >= 4 is 69.2 Å². The number of aryl methyl sites for hydroxylation is 1. The number of rotatable bonds is 8. The molecule has 0 nitrogen and oxygen atoms in total. The number of fused-ring (bicyclic) bond motifs is 2. The number of halogens is 2. The molecule has 0 amide bonds. The summed E-state index contributed by atoms with van der Waals surface area (Å²) in [5.74, 6) is 0.653. The molecule has 0 aliphatic rings. The van der Waals surface area contributed by atoms with Gasteiger partial charge in [-0.15, -0.1) is 0 Å². The first-order valence-corrected chi connectivity index (χ1v) is 22.2. The Morgan fingerprint density at radius 3 is 0.966 bits per heavy atom. The topological polar surface area (TPSA) is 0 Å². The van der Waals surface area contributed by atoms with Crippen LogP contribution in [0.25, 0.3) is 32.7 Å². The molecular formula is C54H46Cl2P2Ru. The van der Waals surface area contributed by atoms with Crippen molar-refractivity contribution in [3.05, 3.63) is 230 Å². The van der Waals surface area contributed by atoms with Gasteiger partial charge in [-0.25, -0.2) is 0 Å². The average Bonchev–Trinajstić information content (AvgIpc) is 3.26. The van der Waals surface area contributed by atoms with Gasteiger partial charge in [-0.1, -0.05) is 238 Å². The predicted octanol–water partition coefficient (Wildman–Crippen LogP) is 6.30. The Kier molecular flexibility index (Phi) is 16.8. The summed E-state index contributed by atoms with van der Waals surface area (Å²) in [6.07, 6.45) is 0. The quantitative estimate of drug-likeness (QED) is 0.124. The van der Waals surface area contributed by atoms with Gasteiger partial charge in [-0.3, -0.25) is 0 Å². The van der Waals surface area contributed by atoms with Crippen molar-refractivity contribution in [1.82, 2.24) is 0 Å². The van der Waals surface area contributed by atoms with Gasteiger partial charge in [0.15, 0.2) is 0 Å². The molecule has 9 aromatic rings. The summed E-state index contributed by atoms with van der Waals surface area (Å²) in [6.45, 7) is 6.54. The molecule has 0 aromatic heterocycles. The Morgan fingerprint density at radius 1 is 0.339 bits per heavy atom. The third-order valence-corrected chi connectivity index (χ3v) is 15.3. The van der Waals surface area contributed by atoms with E-state index in [-0.39, 0.29) is 44.3 Å². The summed E-state index contributed by atoms with van der Waals surface area (Å²) in [5.41, 5.74) is 5.46. The second-order valence-electron chi connectivity index (χ2n) is 14.4. The molecule has 0 radical (unpaired) electrons. The van der Waals surface area contributed by atoms with Crippen LogP contribution in [0.2, 0.25) is 0 Å². The van der Waals surface area contributed by atoms with Crippen LogP contribution in [0.1, 0.15) is 30.9 Å². The van der Waals surface area contributed by atoms with E-state index in [1.165, 1.54) is 75.6 Å². The molecule has 0 atom stereocenters. The van der Waals surface area contributed by atoms with Crippen molar-refractivity contribution in [2.45, 2.75) is 26.7 Å². The summed E-state index contributed by atoms with van der Waals surface area (Å²) >= 11 is 0. The van der Waals surface area contributed by atoms with Crippen molar-refractivity contribution < 1.29 is 44.3 Å². The van der Waals surface area contributed by atoms with E-state index < -0.39 is 15.8 Å². The van der Waals surface area contributed by atoms with Crippen LogP contribution < -0.4 is 56.6 Å². The molecule has 0 bridgehead atoms. The van der Waals surface area contributed by atoms with E-state index in [0.29, 0.717) is 5.92 Å². The molecular weight excluding hydrogens is 883 g/mol. The fraction of sp³-hybridized carbons (Fsp3) is 0.0741. The van der Waals surface area contributed by atoms with Gasteiger partial charge in [0.1, 0.15) is 0 Å². The first kappa shape index (κ1) is 45.6. The standard InChI is InChI=1S/C44H32P2.C10H14.2ClH.Ru/c1-5-19-35(20-6-1)45(36-21-7-2-8-22-36)41-31-29-33-17-13-15-27-39(33)43(41)44-40-28-16-14-18-34(40)30-32-42(44)46(37-23-9-3-10-24-37)38-25-11-4-12-26-38;1-8(2)10-6-4-9(3)5-7-10;;;/h1-32H;4-8H,1-3H3;2*1H;/q;;;;+2/p-2. The Labute approximate surface area is 378 Å². The average molecular weight is 929 g/mol.